The van der Waals surface area contributed by atoms with Gasteiger partial charge in [-0.15, -0.1) is 0 Å². The van der Waals surface area contributed by atoms with Gasteiger partial charge in [0, 0.05) is 44.0 Å². The molecule has 14 heteroatoms. The zero-order valence-corrected chi connectivity index (χ0v) is 33.6. The monoisotopic (exact) mass is 759 g/mol. The second-order valence-corrected chi connectivity index (χ2v) is 17.0. The first-order valence-corrected chi connectivity index (χ1v) is 19.5. The summed E-state index contributed by atoms with van der Waals surface area (Å²) in [5, 5.41) is 5.45. The van der Waals surface area contributed by atoms with Crippen LogP contribution in [0.25, 0.3) is 0 Å². The van der Waals surface area contributed by atoms with Crippen LogP contribution in [0, 0.1) is 29.1 Å². The maximum absolute atomic E-state index is 13.7. The van der Waals surface area contributed by atoms with Crippen LogP contribution in [0.3, 0.4) is 0 Å². The number of primary amides is 1. The Morgan fingerprint density at radius 2 is 1.58 bits per heavy atom. The van der Waals surface area contributed by atoms with Crippen LogP contribution >= 0.6 is 11.9 Å². The molecule has 13 nitrogen and oxygen atoms in total. The molecule has 1 heterocycles. The average molecular weight is 760 g/mol. The van der Waals surface area contributed by atoms with Crippen LogP contribution < -0.4 is 21.1 Å². The van der Waals surface area contributed by atoms with Crippen LogP contribution in [-0.2, 0) is 40.1 Å². The average Bonchev–Trinajstić information content (AvgIpc) is 3.38. The van der Waals surface area contributed by atoms with Gasteiger partial charge in [-0.25, -0.2) is 4.79 Å². The Hall–Kier alpha value is -3.94. The predicted molar refractivity (Wildman–Crippen MR) is 206 cm³/mol. The molecule has 5 N–H and O–H groups in total. The summed E-state index contributed by atoms with van der Waals surface area (Å²) in [6, 6.07) is 6.31. The summed E-state index contributed by atoms with van der Waals surface area (Å²) in [6.07, 6.45) is 3.60. The van der Waals surface area contributed by atoms with Crippen molar-refractivity contribution in [1.82, 2.24) is 14.9 Å². The van der Waals surface area contributed by atoms with Gasteiger partial charge in [0.15, 0.2) is 5.78 Å². The Labute approximate surface area is 319 Å². The topological polar surface area (TPSA) is 194 Å². The van der Waals surface area contributed by atoms with Gasteiger partial charge < -0.3 is 21.1 Å². The first kappa shape index (κ1) is 45.2. The number of amides is 6. The Bertz CT molecular complexity index is 1440. The van der Waals surface area contributed by atoms with Crippen molar-refractivity contribution in [2.45, 2.75) is 125 Å². The van der Waals surface area contributed by atoms with E-state index in [4.69, 9.17) is 10.5 Å². The molecule has 0 spiro atoms. The van der Waals surface area contributed by atoms with Crippen molar-refractivity contribution in [1.29, 1.82) is 0 Å². The van der Waals surface area contributed by atoms with E-state index < -0.39 is 16.7 Å². The number of rotatable bonds is 22. The van der Waals surface area contributed by atoms with Gasteiger partial charge in [0.2, 0.25) is 23.6 Å². The van der Waals surface area contributed by atoms with Crippen LogP contribution in [-0.4, -0.2) is 64.1 Å². The van der Waals surface area contributed by atoms with Gasteiger partial charge in [0.1, 0.15) is 6.61 Å². The molecular formula is C39H61N5O8S. The van der Waals surface area contributed by atoms with Gasteiger partial charge in [0.25, 0.3) is 0 Å². The molecule has 296 valence electrons. The van der Waals surface area contributed by atoms with Gasteiger partial charge in [-0.1, -0.05) is 67.0 Å². The minimum atomic E-state index is -0.945. The van der Waals surface area contributed by atoms with E-state index in [0.29, 0.717) is 44.3 Å². The lowest BCUT2D eigenvalue weighted by atomic mass is 9.80. The number of unbranched alkanes of at least 4 members (excludes halogenated alkanes) is 2. The largest absolute Gasteiger partial charge is 0.461 e. The molecule has 1 aromatic rings. The fourth-order valence-corrected chi connectivity index (χ4v) is 6.69. The number of carbonyl (C=O) groups is 7. The third kappa shape index (κ3) is 14.8. The molecule has 3 atom stereocenters. The highest BCUT2D eigenvalue weighted by Crippen LogP contribution is 2.36. The van der Waals surface area contributed by atoms with Crippen LogP contribution in [0.15, 0.2) is 24.3 Å². The number of nitrogens with two attached hydrogens (primary N) is 1. The number of urea groups is 1. The van der Waals surface area contributed by atoms with E-state index in [1.54, 1.807) is 45.0 Å². The lowest BCUT2D eigenvalue weighted by molar-refractivity contribution is -0.148. The Balaban J connectivity index is 1.91. The highest BCUT2D eigenvalue weighted by atomic mass is 32.2. The first-order valence-electron chi connectivity index (χ1n) is 18.7. The molecule has 0 aromatic heterocycles. The summed E-state index contributed by atoms with van der Waals surface area (Å²) in [7, 11) is 0. The zero-order chi connectivity index (χ0) is 39.9. The number of imide groups is 1. The third-order valence-electron chi connectivity index (χ3n) is 9.80. The minimum Gasteiger partial charge on any atom is -0.461 e. The van der Waals surface area contributed by atoms with E-state index in [9.17, 15) is 33.6 Å². The predicted octanol–water partition coefficient (Wildman–Crippen LogP) is 5.90. The SMILES string of the molecule is CC(C)C(=O)OCc1ccc(NC(=O)[C@H](CCCNC(N)=O)CCC(=O)[C@](C)(SNC(=O)CCCCCN2C(=O)CC(C(C)(C)C)C2=O)C(C)C)cc1. The van der Waals surface area contributed by atoms with Gasteiger partial charge >= 0.3 is 12.0 Å². The number of Topliss-reactive ketones (excluding diaryl/α,β-unsaturated/α-hetero) is 1. The van der Waals surface area contributed by atoms with Crippen LogP contribution in [0.5, 0.6) is 0 Å². The molecule has 1 aromatic carbocycles. The molecule has 1 aliphatic rings. The Morgan fingerprint density at radius 1 is 0.925 bits per heavy atom. The minimum absolute atomic E-state index is 0.0975. The summed E-state index contributed by atoms with van der Waals surface area (Å²) < 4.78 is 7.17. The zero-order valence-electron chi connectivity index (χ0n) is 32.8. The van der Waals surface area contributed by atoms with Crippen molar-refractivity contribution in [3.63, 3.8) is 0 Å². The number of anilines is 1. The molecule has 1 fully saturated rings. The van der Waals surface area contributed by atoms with Crippen molar-refractivity contribution < 1.29 is 38.3 Å². The summed E-state index contributed by atoms with van der Waals surface area (Å²) >= 11 is 1.09. The van der Waals surface area contributed by atoms with Crippen molar-refractivity contribution in [2.24, 2.45) is 34.8 Å². The number of hydrogen-bond acceptors (Lipinski definition) is 9. The normalized spacial score (nSPS) is 16.3. The van der Waals surface area contributed by atoms with Crippen LogP contribution in [0.2, 0.25) is 0 Å². The molecule has 2 rings (SSSR count). The molecule has 1 aliphatic heterocycles. The maximum atomic E-state index is 13.7. The van der Waals surface area contributed by atoms with Crippen molar-refractivity contribution in [2.75, 3.05) is 18.4 Å². The first-order chi connectivity index (χ1) is 24.8. The molecular weight excluding hydrogens is 699 g/mol. The third-order valence-corrected chi connectivity index (χ3v) is 11.3. The highest BCUT2D eigenvalue weighted by Gasteiger charge is 2.44. The number of ether oxygens (including phenoxy) is 1. The quantitative estimate of drug-likeness (QED) is 0.0482. The van der Waals surface area contributed by atoms with Gasteiger partial charge in [0.05, 0.1) is 16.6 Å². The molecule has 6 amide bonds. The number of nitrogens with zero attached hydrogens (tertiary/aromatic N) is 1. The van der Waals surface area contributed by atoms with Crippen molar-refractivity contribution in [3.8, 4) is 0 Å². The van der Waals surface area contributed by atoms with E-state index >= 15 is 0 Å². The Morgan fingerprint density at radius 3 is 2.15 bits per heavy atom. The molecule has 0 radical (unpaired) electrons. The molecule has 0 saturated carbocycles. The smallest absolute Gasteiger partial charge is 0.312 e. The molecule has 1 unspecified atom stereocenters. The van der Waals surface area contributed by atoms with Gasteiger partial charge in [-0.3, -0.25) is 38.4 Å². The van der Waals surface area contributed by atoms with Gasteiger partial charge in [-0.05, 0) is 80.0 Å². The van der Waals surface area contributed by atoms with E-state index in [1.165, 1.54) is 4.90 Å². The van der Waals surface area contributed by atoms with Crippen molar-refractivity contribution in [3.05, 3.63) is 29.8 Å². The number of nitrogens with one attached hydrogen (secondary N) is 3. The number of esters is 1. The van der Waals surface area contributed by atoms with E-state index in [1.807, 2.05) is 34.6 Å². The van der Waals surface area contributed by atoms with E-state index in [0.717, 1.165) is 17.5 Å². The number of benzene rings is 1. The highest BCUT2D eigenvalue weighted by molar-refractivity contribution is 8.00. The molecule has 53 heavy (non-hydrogen) atoms. The number of likely N-dealkylation sites (tertiary alicyclic amines) is 1. The summed E-state index contributed by atoms with van der Waals surface area (Å²) in [5.74, 6) is -2.32. The van der Waals surface area contributed by atoms with Crippen LogP contribution in [0.1, 0.15) is 119 Å². The fraction of sp³-hybridized carbons (Fsp3) is 0.667. The molecule has 0 aliphatic carbocycles. The molecule has 1 saturated heterocycles. The second kappa shape index (κ2) is 21.1. The van der Waals surface area contributed by atoms with Crippen LogP contribution in [0.4, 0.5) is 10.5 Å². The standard InChI is InChI=1S/C39H61N5O8S/c1-25(2)36(50)52-24-27-15-18-29(19-16-27)42-34(48)28(13-12-21-41-37(40)51)17-20-31(45)39(8,26(3)4)53-43-32(46)14-10-9-11-22-44-33(47)23-30(35(44)49)38(5,6)7/h15-16,18-19,25-26,28,30H,9-14,17,20-24H2,1-8H3,(H,42,48)(H,43,46)(H3,40,41,51)/t28-,30?,39-/m1/s1. The summed E-state index contributed by atoms with van der Waals surface area (Å²) in [5.41, 5.74) is 6.25. The van der Waals surface area contributed by atoms with Crippen molar-refractivity contribution >= 4 is 59.0 Å². The fourth-order valence-electron chi connectivity index (χ4n) is 5.81. The second-order valence-electron chi connectivity index (χ2n) is 15.7. The summed E-state index contributed by atoms with van der Waals surface area (Å²) in [4.78, 5) is 89.3. The van der Waals surface area contributed by atoms with Gasteiger partial charge in [-0.2, -0.15) is 0 Å². The summed E-state index contributed by atoms with van der Waals surface area (Å²) in [6.45, 7) is 15.8. The van der Waals surface area contributed by atoms with E-state index in [2.05, 4.69) is 15.4 Å². The van der Waals surface area contributed by atoms with E-state index in [-0.39, 0.29) is 97.4 Å². The molecule has 0 bridgehead atoms. The lowest BCUT2D eigenvalue weighted by Crippen LogP contribution is -2.41. The number of hydrogen-bond donors (Lipinski definition) is 4. The Kier molecular flexibility index (Phi) is 18.0. The number of carbonyl (C=O) groups excluding carboxylic acids is 7. The lowest BCUT2D eigenvalue weighted by Gasteiger charge is -2.31. The maximum Gasteiger partial charge on any atom is 0.312 e. The number of ketones is 1.